The molecule has 0 bridgehead atoms. The van der Waals surface area contributed by atoms with Gasteiger partial charge in [0.05, 0.1) is 10.6 Å². The van der Waals surface area contributed by atoms with Gasteiger partial charge < -0.3 is 10.4 Å². The van der Waals surface area contributed by atoms with Crippen LogP contribution in [0.2, 0.25) is 10.2 Å². The van der Waals surface area contributed by atoms with Crippen molar-refractivity contribution in [2.45, 2.75) is 45.1 Å². The van der Waals surface area contributed by atoms with E-state index in [1.54, 1.807) is 0 Å². The summed E-state index contributed by atoms with van der Waals surface area (Å²) in [5, 5.41) is 13.6. The van der Waals surface area contributed by atoms with E-state index in [2.05, 4.69) is 10.3 Å². The average Bonchev–Trinajstić information content (AvgIpc) is 2.39. The molecule has 0 saturated carbocycles. The zero-order chi connectivity index (χ0) is 15.2. The Bertz CT molecular complexity index is 460. The summed E-state index contributed by atoms with van der Waals surface area (Å²) in [4.78, 5) is 16.0. The van der Waals surface area contributed by atoms with Crippen LogP contribution >= 0.6 is 23.2 Å². The van der Waals surface area contributed by atoms with E-state index in [0.717, 1.165) is 12.8 Å². The van der Waals surface area contributed by atoms with Crippen LogP contribution in [0.3, 0.4) is 0 Å². The number of halogens is 2. The predicted octanol–water partition coefficient (Wildman–Crippen LogP) is 3.45. The Morgan fingerprint density at radius 2 is 1.90 bits per heavy atom. The second-order valence-corrected chi connectivity index (χ2v) is 5.67. The molecule has 4 nitrogen and oxygen atoms in total. The van der Waals surface area contributed by atoms with Gasteiger partial charge in [0, 0.05) is 6.54 Å². The summed E-state index contributed by atoms with van der Waals surface area (Å²) in [6, 6.07) is 3.04. The highest BCUT2D eigenvalue weighted by atomic mass is 35.5. The third-order valence-electron chi connectivity index (χ3n) is 3.04. The van der Waals surface area contributed by atoms with Crippen LogP contribution in [0.5, 0.6) is 0 Å². The number of aliphatic hydroxyl groups is 1. The Kier molecular flexibility index (Phi) is 6.72. The summed E-state index contributed by atoms with van der Waals surface area (Å²) >= 11 is 11.7. The molecule has 2 N–H and O–H groups in total. The lowest BCUT2D eigenvalue weighted by atomic mass is 9.92. The molecule has 1 rings (SSSR count). The van der Waals surface area contributed by atoms with Gasteiger partial charge in [-0.1, -0.05) is 49.9 Å². The maximum atomic E-state index is 12.0. The maximum absolute atomic E-state index is 12.0. The summed E-state index contributed by atoms with van der Waals surface area (Å²) in [7, 11) is 0. The van der Waals surface area contributed by atoms with E-state index in [1.165, 1.54) is 12.1 Å². The van der Waals surface area contributed by atoms with Gasteiger partial charge in [0.2, 0.25) is 0 Å². The van der Waals surface area contributed by atoms with E-state index >= 15 is 0 Å². The first kappa shape index (κ1) is 17.2. The van der Waals surface area contributed by atoms with Crippen molar-refractivity contribution in [3.8, 4) is 0 Å². The van der Waals surface area contributed by atoms with Gasteiger partial charge in [-0.25, -0.2) is 4.98 Å². The maximum Gasteiger partial charge on any atom is 0.271 e. The molecule has 6 heteroatoms. The number of pyridine rings is 1. The molecule has 0 fully saturated rings. The first-order valence-corrected chi connectivity index (χ1v) is 7.50. The topological polar surface area (TPSA) is 62.2 Å². The first-order chi connectivity index (χ1) is 9.41. The SMILES string of the molecule is CCCC(O)(CCC)CNC(=O)c1nc(Cl)ccc1Cl. The fraction of sp³-hybridized carbons (Fsp3) is 0.571. The summed E-state index contributed by atoms with van der Waals surface area (Å²) in [5.41, 5.74) is -0.806. The minimum absolute atomic E-state index is 0.0783. The Balaban J connectivity index is 2.72. The molecule has 0 aliphatic carbocycles. The molecule has 0 aliphatic heterocycles. The number of hydrogen-bond donors (Lipinski definition) is 2. The highest BCUT2D eigenvalue weighted by Gasteiger charge is 2.26. The zero-order valence-corrected chi connectivity index (χ0v) is 13.3. The molecular formula is C14H20Cl2N2O2. The summed E-state index contributed by atoms with van der Waals surface area (Å²) < 4.78 is 0. The van der Waals surface area contributed by atoms with Gasteiger partial charge in [-0.2, -0.15) is 0 Å². The van der Waals surface area contributed by atoms with Gasteiger partial charge in [0.25, 0.3) is 5.91 Å². The van der Waals surface area contributed by atoms with Crippen molar-refractivity contribution >= 4 is 29.1 Å². The largest absolute Gasteiger partial charge is 0.388 e. The first-order valence-electron chi connectivity index (χ1n) is 6.74. The second-order valence-electron chi connectivity index (χ2n) is 4.87. The molecule has 0 radical (unpaired) electrons. The van der Waals surface area contributed by atoms with Crippen LogP contribution in [0.4, 0.5) is 0 Å². The van der Waals surface area contributed by atoms with Crippen molar-refractivity contribution in [3.63, 3.8) is 0 Å². The summed E-state index contributed by atoms with van der Waals surface area (Å²) in [6.45, 7) is 4.17. The molecule has 1 aromatic heterocycles. The molecule has 0 atom stereocenters. The fourth-order valence-corrected chi connectivity index (χ4v) is 2.48. The summed E-state index contributed by atoms with van der Waals surface area (Å²) in [5.74, 6) is -0.428. The summed E-state index contributed by atoms with van der Waals surface area (Å²) in [6.07, 6.45) is 2.97. The van der Waals surface area contributed by atoms with Crippen molar-refractivity contribution in [2.24, 2.45) is 0 Å². The number of carbonyl (C=O) groups excluding carboxylic acids is 1. The van der Waals surface area contributed by atoms with Crippen LogP contribution in [0.25, 0.3) is 0 Å². The number of amides is 1. The molecule has 20 heavy (non-hydrogen) atoms. The van der Waals surface area contributed by atoms with Gasteiger partial charge in [-0.3, -0.25) is 4.79 Å². The minimum Gasteiger partial charge on any atom is -0.388 e. The van der Waals surface area contributed by atoms with E-state index in [-0.39, 0.29) is 22.4 Å². The lowest BCUT2D eigenvalue weighted by molar-refractivity contribution is 0.0212. The van der Waals surface area contributed by atoms with E-state index in [1.807, 2.05) is 13.8 Å². The number of rotatable bonds is 7. The lowest BCUT2D eigenvalue weighted by Gasteiger charge is -2.27. The molecule has 0 saturated heterocycles. The van der Waals surface area contributed by atoms with Crippen LogP contribution in [-0.4, -0.2) is 28.1 Å². The van der Waals surface area contributed by atoms with Crippen molar-refractivity contribution in [2.75, 3.05) is 6.54 Å². The van der Waals surface area contributed by atoms with Crippen molar-refractivity contribution in [1.29, 1.82) is 0 Å². The van der Waals surface area contributed by atoms with Crippen molar-refractivity contribution in [1.82, 2.24) is 10.3 Å². The number of nitrogens with one attached hydrogen (secondary N) is 1. The van der Waals surface area contributed by atoms with Crippen molar-refractivity contribution < 1.29 is 9.90 Å². The third kappa shape index (κ3) is 4.93. The van der Waals surface area contributed by atoms with Gasteiger partial charge in [0.15, 0.2) is 0 Å². The molecule has 1 aromatic rings. The standard InChI is InChI=1S/C14H20Cl2N2O2/c1-3-7-14(20,8-4-2)9-17-13(19)12-10(15)5-6-11(16)18-12/h5-6,20H,3-4,7-9H2,1-2H3,(H,17,19). The number of carbonyl (C=O) groups is 1. The third-order valence-corrected chi connectivity index (χ3v) is 3.55. The Morgan fingerprint density at radius 3 is 2.45 bits per heavy atom. The number of hydrogen-bond acceptors (Lipinski definition) is 3. The molecule has 0 spiro atoms. The van der Waals surface area contributed by atoms with E-state index in [4.69, 9.17) is 23.2 Å². The van der Waals surface area contributed by atoms with Gasteiger partial charge >= 0.3 is 0 Å². The predicted molar refractivity (Wildman–Crippen MR) is 81.4 cm³/mol. The molecular weight excluding hydrogens is 299 g/mol. The fourth-order valence-electron chi connectivity index (χ4n) is 2.14. The Morgan fingerprint density at radius 1 is 1.30 bits per heavy atom. The lowest BCUT2D eigenvalue weighted by Crippen LogP contribution is -2.43. The second kappa shape index (κ2) is 7.81. The van der Waals surface area contributed by atoms with E-state index in [9.17, 15) is 9.90 Å². The highest BCUT2D eigenvalue weighted by Crippen LogP contribution is 2.20. The van der Waals surface area contributed by atoms with E-state index < -0.39 is 11.5 Å². The molecule has 0 unspecified atom stereocenters. The number of nitrogens with zero attached hydrogens (tertiary/aromatic N) is 1. The Hall–Kier alpha value is -0.840. The van der Waals surface area contributed by atoms with Gasteiger partial charge in [0.1, 0.15) is 10.8 Å². The molecule has 0 aromatic carbocycles. The normalized spacial score (nSPS) is 11.4. The monoisotopic (exact) mass is 318 g/mol. The van der Waals surface area contributed by atoms with E-state index in [0.29, 0.717) is 12.8 Å². The van der Waals surface area contributed by atoms with Crippen LogP contribution in [0.1, 0.15) is 50.0 Å². The molecule has 1 heterocycles. The smallest absolute Gasteiger partial charge is 0.271 e. The quantitative estimate of drug-likeness (QED) is 0.757. The van der Waals surface area contributed by atoms with Crippen LogP contribution in [-0.2, 0) is 0 Å². The molecule has 0 aliphatic rings. The van der Waals surface area contributed by atoms with Gasteiger partial charge in [-0.05, 0) is 25.0 Å². The van der Waals surface area contributed by atoms with Crippen LogP contribution < -0.4 is 5.32 Å². The van der Waals surface area contributed by atoms with Gasteiger partial charge in [-0.15, -0.1) is 0 Å². The van der Waals surface area contributed by atoms with Crippen LogP contribution in [0, 0.1) is 0 Å². The molecule has 1 amide bonds. The molecule has 112 valence electrons. The van der Waals surface area contributed by atoms with Crippen molar-refractivity contribution in [3.05, 3.63) is 28.0 Å². The number of aromatic nitrogens is 1. The Labute approximate surface area is 129 Å². The zero-order valence-electron chi connectivity index (χ0n) is 11.7. The average molecular weight is 319 g/mol. The minimum atomic E-state index is -0.885. The highest BCUT2D eigenvalue weighted by molar-refractivity contribution is 6.34. The van der Waals surface area contributed by atoms with Crippen LogP contribution in [0.15, 0.2) is 12.1 Å².